The molecule has 2 rings (SSSR count). The summed E-state index contributed by atoms with van der Waals surface area (Å²) in [6.45, 7) is 2.31. The fourth-order valence-electron chi connectivity index (χ4n) is 2.04. The Bertz CT molecular complexity index is 627. The van der Waals surface area contributed by atoms with Gasteiger partial charge in [0.2, 0.25) is 0 Å². The summed E-state index contributed by atoms with van der Waals surface area (Å²) in [5.41, 5.74) is 0. The molecule has 0 saturated heterocycles. The maximum absolute atomic E-state index is 12.2. The topological polar surface area (TPSA) is 26.3 Å². The van der Waals surface area contributed by atoms with Crippen molar-refractivity contribution >= 4 is 44.8 Å². The van der Waals surface area contributed by atoms with Gasteiger partial charge in [-0.25, -0.2) is 0 Å². The average molecular weight is 452 g/mol. The van der Waals surface area contributed by atoms with Crippen molar-refractivity contribution in [2.45, 2.75) is 23.5 Å². The van der Waals surface area contributed by atoms with E-state index in [2.05, 4.69) is 48.6 Å². The fraction of sp³-hybridized carbons (Fsp3) is 0.250. The predicted molar refractivity (Wildman–Crippen MR) is 103 cm³/mol. The van der Waals surface area contributed by atoms with Crippen molar-refractivity contribution in [1.82, 2.24) is 0 Å². The van der Waals surface area contributed by atoms with Crippen LogP contribution in [0.15, 0.2) is 72.8 Å². The van der Waals surface area contributed by atoms with Gasteiger partial charge in [0.25, 0.3) is 0 Å². The fourth-order valence-corrected chi connectivity index (χ4v) is 5.79. The third kappa shape index (κ3) is 7.07. The van der Waals surface area contributed by atoms with E-state index in [1.807, 2.05) is 31.2 Å². The van der Waals surface area contributed by atoms with Crippen LogP contribution in [0, 0.1) is 0 Å². The number of rotatable bonds is 9. The molecule has 1 atom stereocenters. The second-order valence-electron chi connectivity index (χ2n) is 5.00. The van der Waals surface area contributed by atoms with Crippen molar-refractivity contribution in [3.05, 3.63) is 72.8 Å². The summed E-state index contributed by atoms with van der Waals surface area (Å²) >= 11 is 0.560. The standard InChI is InChI=1S/C20H22O2Se2/c1-2-22-20(21)19(24-18-13-7-4-8-14-18)15-9-10-16-23-17-11-5-3-6-12-17/h3-14,19H,2,15-16H2,1H3/b10-9+. The van der Waals surface area contributed by atoms with Gasteiger partial charge >= 0.3 is 157 Å². The number of hydrogen-bond acceptors (Lipinski definition) is 2. The molecule has 1 unspecified atom stereocenters. The molecule has 126 valence electrons. The molecule has 0 aliphatic rings. The van der Waals surface area contributed by atoms with E-state index in [1.165, 1.54) is 8.92 Å². The number of esters is 1. The van der Waals surface area contributed by atoms with E-state index >= 15 is 0 Å². The molecule has 2 aromatic carbocycles. The molecule has 0 fully saturated rings. The van der Waals surface area contributed by atoms with Gasteiger partial charge in [-0.3, -0.25) is 0 Å². The number of benzene rings is 2. The van der Waals surface area contributed by atoms with Crippen LogP contribution < -0.4 is 8.92 Å². The van der Waals surface area contributed by atoms with Crippen molar-refractivity contribution in [2.75, 3.05) is 6.61 Å². The molecule has 0 aromatic heterocycles. The predicted octanol–water partition coefficient (Wildman–Crippen LogP) is 2.76. The summed E-state index contributed by atoms with van der Waals surface area (Å²) in [6.07, 6.45) is 5.12. The molecule has 0 saturated carbocycles. The first-order valence-electron chi connectivity index (χ1n) is 8.00. The number of ether oxygens (including phenoxy) is 1. The van der Waals surface area contributed by atoms with Crippen LogP contribution in [0.1, 0.15) is 13.3 Å². The van der Waals surface area contributed by atoms with Gasteiger partial charge in [0.15, 0.2) is 0 Å². The van der Waals surface area contributed by atoms with Gasteiger partial charge in [0.05, 0.1) is 0 Å². The summed E-state index contributed by atoms with van der Waals surface area (Å²) in [4.78, 5) is 12.2. The van der Waals surface area contributed by atoms with E-state index in [0.717, 1.165) is 11.7 Å². The Morgan fingerprint density at radius 1 is 1.00 bits per heavy atom. The SMILES string of the molecule is CCOC(=O)C(C/C=C/C[Se]c1ccccc1)[Se]c1ccccc1. The molecule has 0 amide bonds. The Labute approximate surface area is 157 Å². The number of hydrogen-bond donors (Lipinski definition) is 0. The van der Waals surface area contributed by atoms with Gasteiger partial charge in [-0.15, -0.1) is 0 Å². The van der Waals surface area contributed by atoms with Crippen LogP contribution in [0.5, 0.6) is 0 Å². The van der Waals surface area contributed by atoms with Gasteiger partial charge in [-0.05, 0) is 0 Å². The van der Waals surface area contributed by atoms with Crippen LogP contribution in [0.25, 0.3) is 0 Å². The summed E-state index contributed by atoms with van der Waals surface area (Å²) in [6, 6.07) is 20.8. The second kappa shape index (κ2) is 11.3. The third-order valence-electron chi connectivity index (χ3n) is 3.18. The van der Waals surface area contributed by atoms with E-state index in [9.17, 15) is 4.79 Å². The minimum atomic E-state index is -0.0698. The van der Waals surface area contributed by atoms with Gasteiger partial charge in [-0.1, -0.05) is 0 Å². The molecule has 4 heteroatoms. The molecule has 0 spiro atoms. The molecule has 0 aliphatic heterocycles. The van der Waals surface area contributed by atoms with Crippen molar-refractivity contribution in [2.24, 2.45) is 0 Å². The van der Waals surface area contributed by atoms with Crippen LogP contribution in [-0.4, -0.2) is 42.5 Å². The first kappa shape index (κ1) is 19.0. The summed E-state index contributed by atoms with van der Waals surface area (Å²) in [7, 11) is 0. The van der Waals surface area contributed by atoms with E-state index < -0.39 is 0 Å². The number of carbonyl (C=O) groups is 1. The van der Waals surface area contributed by atoms with Crippen molar-refractivity contribution < 1.29 is 9.53 Å². The zero-order valence-electron chi connectivity index (χ0n) is 13.8. The van der Waals surface area contributed by atoms with Crippen molar-refractivity contribution in [1.29, 1.82) is 0 Å². The Morgan fingerprint density at radius 3 is 2.25 bits per heavy atom. The normalized spacial score (nSPS) is 12.2. The van der Waals surface area contributed by atoms with Gasteiger partial charge in [0.1, 0.15) is 0 Å². The van der Waals surface area contributed by atoms with Crippen LogP contribution >= 0.6 is 0 Å². The molecule has 24 heavy (non-hydrogen) atoms. The van der Waals surface area contributed by atoms with E-state index in [1.54, 1.807) is 0 Å². The Kier molecular flexibility index (Phi) is 8.94. The Hall–Kier alpha value is -1.31. The van der Waals surface area contributed by atoms with Crippen LogP contribution in [-0.2, 0) is 9.53 Å². The molecular formula is C20H22O2Se2. The molecule has 2 nitrogen and oxygen atoms in total. The Morgan fingerprint density at radius 2 is 1.62 bits per heavy atom. The van der Waals surface area contributed by atoms with E-state index in [4.69, 9.17) is 4.74 Å². The molecule has 0 N–H and O–H groups in total. The first-order chi connectivity index (χ1) is 11.8. The van der Waals surface area contributed by atoms with Crippen molar-refractivity contribution in [3.8, 4) is 0 Å². The van der Waals surface area contributed by atoms with Crippen molar-refractivity contribution in [3.63, 3.8) is 0 Å². The average Bonchev–Trinajstić information content (AvgIpc) is 2.62. The summed E-state index contributed by atoms with van der Waals surface area (Å²) < 4.78 is 7.90. The molecule has 2 aromatic rings. The second-order valence-corrected chi connectivity index (χ2v) is 9.97. The Balaban J connectivity index is 1.85. The monoisotopic (exact) mass is 454 g/mol. The quantitative estimate of drug-likeness (QED) is 0.333. The zero-order valence-corrected chi connectivity index (χ0v) is 17.2. The molecule has 0 aliphatic carbocycles. The molecule has 0 radical (unpaired) electrons. The number of carbonyl (C=O) groups excluding carboxylic acids is 1. The maximum atomic E-state index is 12.2. The van der Waals surface area contributed by atoms with E-state index in [-0.39, 0.29) is 25.7 Å². The first-order valence-corrected chi connectivity index (χ1v) is 11.9. The summed E-state index contributed by atoms with van der Waals surface area (Å²) in [5.74, 6) is -0.0698. The van der Waals surface area contributed by atoms with E-state index in [0.29, 0.717) is 21.6 Å². The van der Waals surface area contributed by atoms with Gasteiger partial charge in [-0.2, -0.15) is 0 Å². The molecular weight excluding hydrogens is 430 g/mol. The van der Waals surface area contributed by atoms with Gasteiger partial charge in [0, 0.05) is 0 Å². The van der Waals surface area contributed by atoms with Crippen LogP contribution in [0.2, 0.25) is 10.1 Å². The zero-order chi connectivity index (χ0) is 17.0. The molecule has 0 bridgehead atoms. The minimum absolute atomic E-state index is 0.0414. The van der Waals surface area contributed by atoms with Crippen LogP contribution in [0.3, 0.4) is 0 Å². The van der Waals surface area contributed by atoms with Gasteiger partial charge < -0.3 is 0 Å². The summed E-state index contributed by atoms with van der Waals surface area (Å²) in [5, 5.41) is 1.06. The van der Waals surface area contributed by atoms with Crippen LogP contribution in [0.4, 0.5) is 0 Å². The third-order valence-corrected chi connectivity index (χ3v) is 7.75. The number of allylic oxidation sites excluding steroid dienone is 2. The molecule has 0 heterocycles.